The van der Waals surface area contributed by atoms with Crippen molar-refractivity contribution in [2.24, 2.45) is 5.41 Å². The van der Waals surface area contributed by atoms with Gasteiger partial charge in [0.1, 0.15) is 6.10 Å². The van der Waals surface area contributed by atoms with Gasteiger partial charge in [-0.2, -0.15) is 0 Å². The molecule has 0 aromatic carbocycles. The second-order valence-electron chi connectivity index (χ2n) is 6.97. The summed E-state index contributed by atoms with van der Waals surface area (Å²) in [6.07, 6.45) is 2.80. The maximum atomic E-state index is 11.8. The number of aliphatic hydroxyl groups excluding tert-OH is 1. The quantitative estimate of drug-likeness (QED) is 0.601. The summed E-state index contributed by atoms with van der Waals surface area (Å²) >= 11 is 0. The van der Waals surface area contributed by atoms with Gasteiger partial charge in [0.05, 0.1) is 25.1 Å². The lowest BCUT2D eigenvalue weighted by atomic mass is 9.92. The molecule has 1 aliphatic heterocycles. The number of ether oxygens (including phenoxy) is 1. The molecule has 1 saturated heterocycles. The standard InChI is InChI=1S/C15H26N4O3/c1-15(2,3)4-13(20)18-7-12-14(21)11(8-22-12)17-6-10-5-16-9-19-10/h5,9,11-12,14,17,21H,4,6-8H2,1-3H3,(H,16,19)(H,18,20)/t11-,12-,14+/m1/s1. The molecular weight excluding hydrogens is 284 g/mol. The molecule has 1 aromatic heterocycles. The van der Waals surface area contributed by atoms with E-state index in [4.69, 9.17) is 4.74 Å². The molecule has 1 amide bonds. The Morgan fingerprint density at radius 2 is 2.32 bits per heavy atom. The molecule has 0 saturated carbocycles. The van der Waals surface area contributed by atoms with E-state index in [1.54, 1.807) is 12.5 Å². The molecular formula is C15H26N4O3. The number of amides is 1. The van der Waals surface area contributed by atoms with E-state index in [1.807, 2.05) is 20.8 Å². The van der Waals surface area contributed by atoms with Gasteiger partial charge in [0.15, 0.2) is 0 Å². The first-order valence-corrected chi connectivity index (χ1v) is 7.62. The maximum absolute atomic E-state index is 11.8. The van der Waals surface area contributed by atoms with Gasteiger partial charge in [0.25, 0.3) is 0 Å². The highest BCUT2D eigenvalue weighted by Crippen LogP contribution is 2.18. The number of H-pyrrole nitrogens is 1. The van der Waals surface area contributed by atoms with Crippen LogP contribution >= 0.6 is 0 Å². The molecule has 0 unspecified atom stereocenters. The second kappa shape index (κ2) is 7.21. The number of nitrogens with zero attached hydrogens (tertiary/aromatic N) is 1. The van der Waals surface area contributed by atoms with Crippen LogP contribution in [0.3, 0.4) is 0 Å². The van der Waals surface area contributed by atoms with Gasteiger partial charge >= 0.3 is 0 Å². The zero-order valence-electron chi connectivity index (χ0n) is 13.4. The van der Waals surface area contributed by atoms with Crippen LogP contribution in [0.1, 0.15) is 32.9 Å². The van der Waals surface area contributed by atoms with Gasteiger partial charge in [-0.15, -0.1) is 0 Å². The fourth-order valence-electron chi connectivity index (χ4n) is 2.42. The summed E-state index contributed by atoms with van der Waals surface area (Å²) in [7, 11) is 0. The van der Waals surface area contributed by atoms with Crippen molar-refractivity contribution >= 4 is 5.91 Å². The van der Waals surface area contributed by atoms with Gasteiger partial charge in [-0.05, 0) is 5.41 Å². The first-order valence-electron chi connectivity index (χ1n) is 7.62. The SMILES string of the molecule is CC(C)(C)CC(=O)NC[C@H]1OC[C@@H](NCc2cnc[nH]2)[C@@H]1O. The Morgan fingerprint density at radius 1 is 1.55 bits per heavy atom. The van der Waals surface area contributed by atoms with E-state index in [0.717, 1.165) is 5.69 Å². The molecule has 2 rings (SSSR count). The lowest BCUT2D eigenvalue weighted by Crippen LogP contribution is -2.44. The first-order chi connectivity index (χ1) is 10.3. The number of hydrogen-bond donors (Lipinski definition) is 4. The van der Waals surface area contributed by atoms with E-state index in [2.05, 4.69) is 20.6 Å². The molecule has 0 aliphatic carbocycles. The van der Waals surface area contributed by atoms with Crippen LogP contribution in [0.25, 0.3) is 0 Å². The Labute approximate surface area is 130 Å². The third-order valence-corrected chi connectivity index (χ3v) is 3.58. The summed E-state index contributed by atoms with van der Waals surface area (Å²) in [4.78, 5) is 18.7. The average Bonchev–Trinajstić information content (AvgIpc) is 3.02. The minimum absolute atomic E-state index is 0.0165. The summed E-state index contributed by atoms with van der Waals surface area (Å²) < 4.78 is 5.58. The normalized spacial score (nSPS) is 25.4. The summed E-state index contributed by atoms with van der Waals surface area (Å²) in [5, 5.41) is 16.3. The predicted molar refractivity (Wildman–Crippen MR) is 82.0 cm³/mol. The van der Waals surface area contributed by atoms with E-state index in [1.165, 1.54) is 0 Å². The van der Waals surface area contributed by atoms with Crippen LogP contribution in [0.15, 0.2) is 12.5 Å². The number of rotatable bonds is 6. The van der Waals surface area contributed by atoms with E-state index in [9.17, 15) is 9.90 Å². The Kier molecular flexibility index (Phi) is 5.55. The zero-order chi connectivity index (χ0) is 16.2. The first kappa shape index (κ1) is 16.9. The number of carbonyl (C=O) groups excluding carboxylic acids is 1. The summed E-state index contributed by atoms with van der Waals surface area (Å²) in [5.74, 6) is -0.0165. The molecule has 22 heavy (non-hydrogen) atoms. The molecule has 2 heterocycles. The molecule has 3 atom stereocenters. The van der Waals surface area contributed by atoms with E-state index in [-0.39, 0.29) is 23.5 Å². The molecule has 7 nitrogen and oxygen atoms in total. The molecule has 0 radical (unpaired) electrons. The average molecular weight is 310 g/mol. The van der Waals surface area contributed by atoms with Gasteiger partial charge in [0.2, 0.25) is 5.91 Å². The van der Waals surface area contributed by atoms with Crippen LogP contribution < -0.4 is 10.6 Å². The molecule has 1 fully saturated rings. The number of nitrogens with one attached hydrogen (secondary N) is 3. The van der Waals surface area contributed by atoms with Gasteiger partial charge < -0.3 is 25.5 Å². The van der Waals surface area contributed by atoms with Crippen LogP contribution in [-0.2, 0) is 16.1 Å². The smallest absolute Gasteiger partial charge is 0.220 e. The van der Waals surface area contributed by atoms with Crippen molar-refractivity contribution in [1.29, 1.82) is 0 Å². The van der Waals surface area contributed by atoms with E-state index < -0.39 is 6.10 Å². The van der Waals surface area contributed by atoms with Gasteiger partial charge in [-0.1, -0.05) is 20.8 Å². The number of aliphatic hydroxyl groups is 1. The lowest BCUT2D eigenvalue weighted by molar-refractivity contribution is -0.123. The Bertz CT molecular complexity index is 470. The third kappa shape index (κ3) is 5.08. The highest BCUT2D eigenvalue weighted by atomic mass is 16.5. The maximum Gasteiger partial charge on any atom is 0.220 e. The molecule has 0 bridgehead atoms. The van der Waals surface area contributed by atoms with E-state index in [0.29, 0.717) is 26.1 Å². The molecule has 1 aromatic rings. The van der Waals surface area contributed by atoms with E-state index >= 15 is 0 Å². The van der Waals surface area contributed by atoms with Crippen molar-refractivity contribution in [2.45, 2.75) is 52.0 Å². The minimum atomic E-state index is -0.641. The van der Waals surface area contributed by atoms with Crippen LogP contribution in [-0.4, -0.2) is 52.4 Å². The Hall–Kier alpha value is -1.44. The number of hydrogen-bond acceptors (Lipinski definition) is 5. The molecule has 7 heteroatoms. The zero-order valence-corrected chi connectivity index (χ0v) is 13.4. The Morgan fingerprint density at radius 3 is 2.95 bits per heavy atom. The number of imidazole rings is 1. The van der Waals surface area contributed by atoms with Crippen molar-refractivity contribution in [3.63, 3.8) is 0 Å². The van der Waals surface area contributed by atoms with Crippen molar-refractivity contribution in [3.05, 3.63) is 18.2 Å². The Balaban J connectivity index is 1.71. The van der Waals surface area contributed by atoms with Crippen molar-refractivity contribution in [1.82, 2.24) is 20.6 Å². The molecule has 1 aliphatic rings. The van der Waals surface area contributed by atoms with Gasteiger partial charge in [-0.3, -0.25) is 4.79 Å². The lowest BCUT2D eigenvalue weighted by Gasteiger charge is -2.20. The monoisotopic (exact) mass is 310 g/mol. The minimum Gasteiger partial charge on any atom is -0.389 e. The van der Waals surface area contributed by atoms with Crippen molar-refractivity contribution in [3.8, 4) is 0 Å². The van der Waals surface area contributed by atoms with Crippen molar-refractivity contribution in [2.75, 3.05) is 13.2 Å². The number of aromatic nitrogens is 2. The third-order valence-electron chi connectivity index (χ3n) is 3.58. The van der Waals surface area contributed by atoms with Gasteiger partial charge in [-0.25, -0.2) is 4.98 Å². The summed E-state index contributed by atoms with van der Waals surface area (Å²) in [6.45, 7) is 7.40. The van der Waals surface area contributed by atoms with Crippen LogP contribution in [0.5, 0.6) is 0 Å². The van der Waals surface area contributed by atoms with Crippen LogP contribution in [0.2, 0.25) is 0 Å². The number of carbonyl (C=O) groups is 1. The molecule has 0 spiro atoms. The predicted octanol–water partition coefficient (Wildman–Crippen LogP) is 0.180. The highest BCUT2D eigenvalue weighted by molar-refractivity contribution is 5.76. The molecule has 4 N–H and O–H groups in total. The van der Waals surface area contributed by atoms with Crippen molar-refractivity contribution < 1.29 is 14.6 Å². The van der Waals surface area contributed by atoms with Crippen LogP contribution in [0.4, 0.5) is 0 Å². The fraction of sp³-hybridized carbons (Fsp3) is 0.733. The summed E-state index contributed by atoms with van der Waals surface area (Å²) in [5.41, 5.74) is 0.905. The second-order valence-corrected chi connectivity index (χ2v) is 6.97. The van der Waals surface area contributed by atoms with Crippen LogP contribution in [0, 0.1) is 5.41 Å². The highest BCUT2D eigenvalue weighted by Gasteiger charge is 2.35. The largest absolute Gasteiger partial charge is 0.389 e. The molecule has 124 valence electrons. The number of aromatic amines is 1. The topological polar surface area (TPSA) is 99.3 Å². The fourth-order valence-corrected chi connectivity index (χ4v) is 2.42. The van der Waals surface area contributed by atoms with Gasteiger partial charge in [0, 0.05) is 31.4 Å². The summed E-state index contributed by atoms with van der Waals surface area (Å²) in [6, 6.07) is -0.146.